The van der Waals surface area contributed by atoms with Gasteiger partial charge >= 0.3 is 5.56 Å². The van der Waals surface area contributed by atoms with Gasteiger partial charge in [0, 0.05) is 31.5 Å². The van der Waals surface area contributed by atoms with Crippen molar-refractivity contribution in [1.29, 1.82) is 0 Å². The average molecular weight is 513 g/mol. The molecule has 1 saturated heterocycles. The van der Waals surface area contributed by atoms with Crippen molar-refractivity contribution >= 4 is 35.2 Å². The molecule has 1 unspecified atom stereocenters. The highest BCUT2D eigenvalue weighted by molar-refractivity contribution is 8.00. The number of aromatic nitrogens is 2. The fraction of sp³-hybridized carbons (Fsp3) is 0.455. The van der Waals surface area contributed by atoms with Crippen LogP contribution in [0.3, 0.4) is 0 Å². The zero-order valence-corrected chi connectivity index (χ0v) is 19.9. The van der Waals surface area contributed by atoms with Gasteiger partial charge in [-0.05, 0) is 25.0 Å². The molecule has 34 heavy (non-hydrogen) atoms. The predicted molar refractivity (Wildman–Crippen MR) is 123 cm³/mol. The highest BCUT2D eigenvalue weighted by atomic mass is 35.5. The van der Waals surface area contributed by atoms with E-state index in [2.05, 4.69) is 4.98 Å². The molecule has 0 bridgehead atoms. The molecule has 2 aliphatic rings. The first-order valence-electron chi connectivity index (χ1n) is 10.7. The number of alkyl halides is 2. The monoisotopic (exact) mass is 512 g/mol. The Morgan fingerprint density at radius 3 is 2.71 bits per heavy atom. The van der Waals surface area contributed by atoms with Gasteiger partial charge in [-0.1, -0.05) is 23.7 Å². The van der Waals surface area contributed by atoms with Crippen LogP contribution < -0.4 is 5.56 Å². The van der Waals surface area contributed by atoms with E-state index in [1.807, 2.05) is 12.1 Å². The maximum absolute atomic E-state index is 13.5. The molecule has 1 aromatic carbocycles. The Bertz CT molecular complexity index is 1190. The minimum Gasteiger partial charge on any atom is -0.501 e. The lowest BCUT2D eigenvalue weighted by Gasteiger charge is -2.34. The smallest absolute Gasteiger partial charge is 0.315 e. The van der Waals surface area contributed by atoms with Gasteiger partial charge in [-0.25, -0.2) is 8.78 Å². The second-order valence-corrected chi connectivity index (χ2v) is 9.81. The highest BCUT2D eigenvalue weighted by Crippen LogP contribution is 2.35. The summed E-state index contributed by atoms with van der Waals surface area (Å²) in [6.07, 6.45) is 1.19. The lowest BCUT2D eigenvalue weighted by molar-refractivity contribution is -0.129. The van der Waals surface area contributed by atoms with Gasteiger partial charge in [-0.3, -0.25) is 14.4 Å². The number of hydrogen-bond donors (Lipinski definition) is 1. The predicted octanol–water partition coefficient (Wildman–Crippen LogP) is 3.17. The number of aromatic hydroxyl groups is 1. The van der Waals surface area contributed by atoms with E-state index in [4.69, 9.17) is 11.6 Å². The number of nitrogens with zero attached hydrogens (tertiary/aromatic N) is 4. The van der Waals surface area contributed by atoms with E-state index in [0.717, 1.165) is 9.80 Å². The van der Waals surface area contributed by atoms with Crippen molar-refractivity contribution in [3.05, 3.63) is 51.2 Å². The number of likely N-dealkylation sites (tertiary alicyclic amines) is 1. The van der Waals surface area contributed by atoms with Crippen molar-refractivity contribution < 1.29 is 23.5 Å². The van der Waals surface area contributed by atoms with E-state index in [-0.39, 0.29) is 36.3 Å². The van der Waals surface area contributed by atoms with Gasteiger partial charge in [0.1, 0.15) is 5.82 Å². The van der Waals surface area contributed by atoms with Crippen molar-refractivity contribution in [2.75, 3.05) is 25.4 Å². The number of amides is 2. The van der Waals surface area contributed by atoms with Crippen LogP contribution in [0.15, 0.2) is 34.0 Å². The molecule has 2 aliphatic heterocycles. The van der Waals surface area contributed by atoms with Crippen LogP contribution in [0.25, 0.3) is 0 Å². The molecule has 4 rings (SSSR count). The summed E-state index contributed by atoms with van der Waals surface area (Å²) >= 11 is 7.46. The first kappa shape index (κ1) is 24.5. The number of hydrogen-bond acceptors (Lipinski definition) is 6. The standard InChI is InChI=1S/C22H23ClF2N4O4S/c1-22(24,25)12-27-9-10-29-17(21(27)33)18(31)20(32)26-19(29)14-6-4-8-28(14)16(30)11-34-15-7-3-2-5-13(15)23/h2-3,5,7,14,31H,4,6,8-12H2,1H3. The molecule has 1 atom stereocenters. The summed E-state index contributed by atoms with van der Waals surface area (Å²) in [7, 11) is 0. The van der Waals surface area contributed by atoms with Crippen molar-refractivity contribution in [3.63, 3.8) is 0 Å². The number of carbonyl (C=O) groups is 2. The van der Waals surface area contributed by atoms with Gasteiger partial charge in [0.15, 0.2) is 5.69 Å². The van der Waals surface area contributed by atoms with E-state index in [9.17, 15) is 28.3 Å². The average Bonchev–Trinajstić information content (AvgIpc) is 3.26. The molecule has 2 aromatic rings. The highest BCUT2D eigenvalue weighted by Gasteiger charge is 2.39. The van der Waals surface area contributed by atoms with Crippen molar-refractivity contribution in [1.82, 2.24) is 19.4 Å². The molecule has 0 spiro atoms. The normalized spacial score (nSPS) is 18.4. The Hall–Kier alpha value is -2.66. The molecule has 12 heteroatoms. The minimum atomic E-state index is -3.13. The largest absolute Gasteiger partial charge is 0.501 e. The van der Waals surface area contributed by atoms with Crippen LogP contribution in [0.1, 0.15) is 42.1 Å². The summed E-state index contributed by atoms with van der Waals surface area (Å²) in [6, 6.07) is 6.60. The molecule has 3 heterocycles. The number of benzene rings is 1. The summed E-state index contributed by atoms with van der Waals surface area (Å²) in [5.41, 5.74) is -1.39. The zero-order valence-electron chi connectivity index (χ0n) is 18.3. The number of thioether (sulfide) groups is 1. The number of carbonyl (C=O) groups excluding carboxylic acids is 2. The third-order valence-electron chi connectivity index (χ3n) is 5.80. The Morgan fingerprint density at radius 1 is 1.26 bits per heavy atom. The second-order valence-electron chi connectivity index (χ2n) is 8.39. The van der Waals surface area contributed by atoms with Crippen LogP contribution >= 0.6 is 23.4 Å². The quantitative estimate of drug-likeness (QED) is 0.597. The molecule has 0 radical (unpaired) electrons. The summed E-state index contributed by atoms with van der Waals surface area (Å²) < 4.78 is 28.4. The van der Waals surface area contributed by atoms with Crippen molar-refractivity contribution in [2.45, 2.75) is 43.2 Å². The second kappa shape index (κ2) is 9.53. The van der Waals surface area contributed by atoms with Crippen LogP contribution in [-0.2, 0) is 11.3 Å². The third kappa shape index (κ3) is 4.90. The van der Waals surface area contributed by atoms with E-state index in [1.54, 1.807) is 17.0 Å². The van der Waals surface area contributed by atoms with Crippen molar-refractivity contribution in [3.8, 4) is 5.75 Å². The van der Waals surface area contributed by atoms with E-state index in [1.165, 1.54) is 16.3 Å². The molecule has 2 amide bonds. The number of halogens is 3. The first-order valence-corrected chi connectivity index (χ1v) is 12.1. The van der Waals surface area contributed by atoms with Crippen LogP contribution in [0, 0.1) is 0 Å². The number of rotatable bonds is 6. The molecule has 0 aliphatic carbocycles. The summed E-state index contributed by atoms with van der Waals surface area (Å²) in [6.45, 7) is 0.350. The maximum Gasteiger partial charge on any atom is 0.315 e. The van der Waals surface area contributed by atoms with E-state index in [0.29, 0.717) is 31.3 Å². The van der Waals surface area contributed by atoms with Crippen LogP contribution in [0.2, 0.25) is 5.02 Å². The summed E-state index contributed by atoms with van der Waals surface area (Å²) in [5.74, 6) is -4.74. The van der Waals surface area contributed by atoms with Crippen LogP contribution in [-0.4, -0.2) is 67.6 Å². The van der Waals surface area contributed by atoms with Gasteiger partial charge in [0.2, 0.25) is 11.7 Å². The Balaban J connectivity index is 1.61. The van der Waals surface area contributed by atoms with Gasteiger partial charge in [0.25, 0.3) is 11.8 Å². The third-order valence-corrected chi connectivity index (χ3v) is 7.30. The molecule has 182 valence electrons. The van der Waals surface area contributed by atoms with Crippen molar-refractivity contribution in [2.24, 2.45) is 0 Å². The molecular weight excluding hydrogens is 490 g/mol. The SMILES string of the molecule is CC(F)(F)CN1CCn2c(C3CCCN3C(=O)CSc3ccccc3Cl)nc(=O)c(O)c2C1=O. The molecule has 0 saturated carbocycles. The zero-order chi connectivity index (χ0) is 24.6. The van der Waals surface area contributed by atoms with Crippen LogP contribution in [0.5, 0.6) is 5.75 Å². The Kier molecular flexibility index (Phi) is 6.86. The van der Waals surface area contributed by atoms with Crippen LogP contribution in [0.4, 0.5) is 8.78 Å². The Labute approximate surface area is 203 Å². The minimum absolute atomic E-state index is 0.0325. The summed E-state index contributed by atoms with van der Waals surface area (Å²) in [5, 5.41) is 10.8. The lowest BCUT2D eigenvalue weighted by atomic mass is 10.1. The number of fused-ring (bicyclic) bond motifs is 1. The maximum atomic E-state index is 13.5. The van der Waals surface area contributed by atoms with E-state index < -0.39 is 35.7 Å². The Morgan fingerprint density at radius 2 is 2.00 bits per heavy atom. The summed E-state index contributed by atoms with van der Waals surface area (Å²) in [4.78, 5) is 45.6. The molecule has 1 aromatic heterocycles. The molecular formula is C22H23ClF2N4O4S. The van der Waals surface area contributed by atoms with Gasteiger partial charge in [-0.2, -0.15) is 4.98 Å². The first-order chi connectivity index (χ1) is 16.1. The van der Waals surface area contributed by atoms with Gasteiger partial charge < -0.3 is 19.5 Å². The van der Waals surface area contributed by atoms with Gasteiger partial charge in [-0.15, -0.1) is 11.8 Å². The molecule has 1 N–H and O–H groups in total. The lowest BCUT2D eigenvalue weighted by Crippen LogP contribution is -2.48. The molecule has 8 nitrogen and oxygen atoms in total. The topological polar surface area (TPSA) is 95.7 Å². The fourth-order valence-corrected chi connectivity index (χ4v) is 5.46. The molecule has 1 fully saturated rings. The van der Waals surface area contributed by atoms with E-state index >= 15 is 0 Å². The van der Waals surface area contributed by atoms with Gasteiger partial charge in [0.05, 0.1) is 23.4 Å². The fourth-order valence-electron chi connectivity index (χ4n) is 4.33.